The first-order valence-corrected chi connectivity index (χ1v) is 8.17. The van der Waals surface area contributed by atoms with Gasteiger partial charge in [-0.1, -0.05) is 0 Å². The van der Waals surface area contributed by atoms with Gasteiger partial charge in [-0.05, 0) is 18.6 Å². The maximum absolute atomic E-state index is 12.1. The third-order valence-electron chi connectivity index (χ3n) is 4.43. The van der Waals surface area contributed by atoms with E-state index in [4.69, 9.17) is 9.47 Å². The van der Waals surface area contributed by atoms with Gasteiger partial charge in [0.15, 0.2) is 0 Å². The molecule has 23 heavy (non-hydrogen) atoms. The van der Waals surface area contributed by atoms with Crippen molar-refractivity contribution in [3.05, 3.63) is 24.5 Å². The van der Waals surface area contributed by atoms with Gasteiger partial charge in [0.05, 0.1) is 19.8 Å². The Morgan fingerprint density at radius 1 is 1.26 bits per heavy atom. The van der Waals surface area contributed by atoms with Gasteiger partial charge in [0, 0.05) is 56.3 Å². The molecule has 2 N–H and O–H groups in total. The third kappa shape index (κ3) is 4.63. The molecular formula is C16H24N4O3. The lowest BCUT2D eigenvalue weighted by Gasteiger charge is -2.37. The van der Waals surface area contributed by atoms with Crippen LogP contribution in [0.2, 0.25) is 0 Å². The topological polar surface area (TPSA) is 75.7 Å². The Kier molecular flexibility index (Phi) is 5.79. The number of amides is 2. The molecule has 2 saturated heterocycles. The minimum absolute atomic E-state index is 0.187. The van der Waals surface area contributed by atoms with Gasteiger partial charge in [-0.2, -0.15) is 0 Å². The van der Waals surface area contributed by atoms with Crippen molar-refractivity contribution in [3.63, 3.8) is 0 Å². The van der Waals surface area contributed by atoms with Crippen LogP contribution in [0.4, 0.5) is 10.5 Å². The van der Waals surface area contributed by atoms with Crippen LogP contribution in [0.1, 0.15) is 6.42 Å². The molecule has 0 aromatic carbocycles. The lowest BCUT2D eigenvalue weighted by atomic mass is 9.97. The summed E-state index contributed by atoms with van der Waals surface area (Å²) in [7, 11) is 0. The molecule has 3 rings (SSSR count). The molecule has 126 valence electrons. The summed E-state index contributed by atoms with van der Waals surface area (Å²) in [5.41, 5.74) is 0.740. The number of carbonyl (C=O) groups excluding carboxylic acids is 1. The van der Waals surface area contributed by atoms with E-state index in [1.807, 2.05) is 0 Å². The maximum Gasteiger partial charge on any atom is 0.319 e. The summed E-state index contributed by atoms with van der Waals surface area (Å²) in [5, 5.41) is 5.82. The molecular weight excluding hydrogens is 296 g/mol. The molecule has 2 amide bonds. The van der Waals surface area contributed by atoms with E-state index in [1.54, 1.807) is 24.5 Å². The number of aromatic nitrogens is 1. The number of pyridine rings is 1. The molecule has 2 fully saturated rings. The van der Waals surface area contributed by atoms with Crippen LogP contribution in [0.25, 0.3) is 0 Å². The zero-order chi connectivity index (χ0) is 15.9. The van der Waals surface area contributed by atoms with Crippen molar-refractivity contribution in [1.82, 2.24) is 15.2 Å². The Hall–Kier alpha value is -1.70. The zero-order valence-corrected chi connectivity index (χ0v) is 13.2. The van der Waals surface area contributed by atoms with Gasteiger partial charge < -0.3 is 20.1 Å². The van der Waals surface area contributed by atoms with Crippen molar-refractivity contribution in [2.75, 3.05) is 51.4 Å². The van der Waals surface area contributed by atoms with Crippen LogP contribution < -0.4 is 10.6 Å². The smallest absolute Gasteiger partial charge is 0.319 e. The molecule has 2 aliphatic heterocycles. The molecule has 0 bridgehead atoms. The molecule has 0 saturated carbocycles. The average Bonchev–Trinajstić information content (AvgIpc) is 3.11. The molecule has 0 spiro atoms. The summed E-state index contributed by atoms with van der Waals surface area (Å²) in [6, 6.07) is 3.64. The predicted octanol–water partition coefficient (Wildman–Crippen LogP) is 0.940. The van der Waals surface area contributed by atoms with Gasteiger partial charge in [0.1, 0.15) is 0 Å². The summed E-state index contributed by atoms with van der Waals surface area (Å²) in [6.07, 6.45) is 4.36. The summed E-state index contributed by atoms with van der Waals surface area (Å²) >= 11 is 0. The predicted molar refractivity (Wildman–Crippen MR) is 86.4 cm³/mol. The molecule has 0 radical (unpaired) electrons. The fourth-order valence-corrected chi connectivity index (χ4v) is 3.17. The van der Waals surface area contributed by atoms with Crippen molar-refractivity contribution in [2.45, 2.75) is 12.5 Å². The monoisotopic (exact) mass is 320 g/mol. The van der Waals surface area contributed by atoms with Crippen molar-refractivity contribution in [3.8, 4) is 0 Å². The van der Waals surface area contributed by atoms with Crippen LogP contribution in [0.5, 0.6) is 0 Å². The molecule has 3 heterocycles. The van der Waals surface area contributed by atoms with Crippen LogP contribution in [-0.2, 0) is 9.47 Å². The Labute approximate surface area is 136 Å². The van der Waals surface area contributed by atoms with E-state index in [9.17, 15) is 4.79 Å². The second-order valence-corrected chi connectivity index (χ2v) is 5.91. The first-order valence-electron chi connectivity index (χ1n) is 8.17. The molecule has 0 aliphatic carbocycles. The van der Waals surface area contributed by atoms with E-state index in [0.29, 0.717) is 18.5 Å². The summed E-state index contributed by atoms with van der Waals surface area (Å²) < 4.78 is 11.0. The largest absolute Gasteiger partial charge is 0.381 e. The summed E-state index contributed by atoms with van der Waals surface area (Å²) in [4.78, 5) is 18.4. The molecule has 0 unspecified atom stereocenters. The maximum atomic E-state index is 12.1. The normalized spacial score (nSPS) is 23.4. The number of hydrogen-bond acceptors (Lipinski definition) is 5. The van der Waals surface area contributed by atoms with E-state index in [-0.39, 0.29) is 6.03 Å². The molecule has 1 aromatic rings. The van der Waals surface area contributed by atoms with Crippen molar-refractivity contribution >= 4 is 11.7 Å². The number of nitrogens with one attached hydrogen (secondary N) is 2. The van der Waals surface area contributed by atoms with E-state index in [0.717, 1.165) is 51.6 Å². The number of urea groups is 1. The van der Waals surface area contributed by atoms with Gasteiger partial charge in [0.25, 0.3) is 0 Å². The minimum Gasteiger partial charge on any atom is -0.381 e. The first kappa shape index (κ1) is 16.2. The molecule has 7 nitrogen and oxygen atoms in total. The standard InChI is InChI=1S/C16H24N4O3/c21-16(19-14-1-4-17-5-2-14)18-11-15(13-3-8-23-12-13)20-6-9-22-10-7-20/h1-2,4-5,13,15H,3,6-12H2,(H2,17,18,19,21)/t13-,15-/m0/s1. The van der Waals surface area contributed by atoms with Gasteiger partial charge in [-0.25, -0.2) is 4.79 Å². The highest BCUT2D eigenvalue weighted by Gasteiger charge is 2.31. The van der Waals surface area contributed by atoms with Crippen LogP contribution in [0.15, 0.2) is 24.5 Å². The number of anilines is 1. The van der Waals surface area contributed by atoms with Gasteiger partial charge >= 0.3 is 6.03 Å². The number of hydrogen-bond donors (Lipinski definition) is 2. The van der Waals surface area contributed by atoms with E-state index in [2.05, 4.69) is 20.5 Å². The first-order chi connectivity index (χ1) is 11.3. The van der Waals surface area contributed by atoms with E-state index >= 15 is 0 Å². The molecule has 7 heteroatoms. The van der Waals surface area contributed by atoms with E-state index in [1.165, 1.54) is 0 Å². The Balaban J connectivity index is 1.54. The molecule has 2 aliphatic rings. The van der Waals surface area contributed by atoms with Gasteiger partial charge in [-0.3, -0.25) is 9.88 Å². The zero-order valence-electron chi connectivity index (χ0n) is 13.2. The Bertz CT molecular complexity index is 487. The number of carbonyl (C=O) groups is 1. The quantitative estimate of drug-likeness (QED) is 0.844. The second kappa shape index (κ2) is 8.24. The van der Waals surface area contributed by atoms with Crippen molar-refractivity contribution < 1.29 is 14.3 Å². The third-order valence-corrected chi connectivity index (χ3v) is 4.43. The second-order valence-electron chi connectivity index (χ2n) is 5.91. The lowest BCUT2D eigenvalue weighted by molar-refractivity contribution is 0.00222. The summed E-state index contributed by atoms with van der Waals surface area (Å²) in [5.74, 6) is 0.467. The number of morpholine rings is 1. The number of nitrogens with zero attached hydrogens (tertiary/aromatic N) is 2. The fourth-order valence-electron chi connectivity index (χ4n) is 3.17. The van der Waals surface area contributed by atoms with Gasteiger partial charge in [0.2, 0.25) is 0 Å². The van der Waals surface area contributed by atoms with Crippen LogP contribution in [0, 0.1) is 5.92 Å². The minimum atomic E-state index is -0.187. The SMILES string of the molecule is O=C(NC[C@@H]([C@H]1CCOC1)N1CCOCC1)Nc1ccncc1. The lowest BCUT2D eigenvalue weighted by Crippen LogP contribution is -2.52. The Morgan fingerprint density at radius 2 is 2.04 bits per heavy atom. The van der Waals surface area contributed by atoms with Crippen molar-refractivity contribution in [2.24, 2.45) is 5.92 Å². The van der Waals surface area contributed by atoms with Crippen LogP contribution in [0.3, 0.4) is 0 Å². The van der Waals surface area contributed by atoms with Crippen molar-refractivity contribution in [1.29, 1.82) is 0 Å². The average molecular weight is 320 g/mol. The molecule has 1 aromatic heterocycles. The fraction of sp³-hybridized carbons (Fsp3) is 0.625. The highest BCUT2D eigenvalue weighted by molar-refractivity contribution is 5.89. The Morgan fingerprint density at radius 3 is 2.74 bits per heavy atom. The highest BCUT2D eigenvalue weighted by Crippen LogP contribution is 2.21. The van der Waals surface area contributed by atoms with Gasteiger partial charge in [-0.15, -0.1) is 0 Å². The highest BCUT2D eigenvalue weighted by atomic mass is 16.5. The van der Waals surface area contributed by atoms with Crippen LogP contribution in [-0.4, -0.2) is 68.0 Å². The number of rotatable bonds is 5. The van der Waals surface area contributed by atoms with E-state index < -0.39 is 0 Å². The number of ether oxygens (including phenoxy) is 2. The van der Waals surface area contributed by atoms with Crippen LogP contribution >= 0.6 is 0 Å². The summed E-state index contributed by atoms with van der Waals surface area (Å²) in [6.45, 7) is 5.54. The molecule has 2 atom stereocenters.